The third-order valence-corrected chi connectivity index (χ3v) is 3.14. The smallest absolute Gasteiger partial charge is 0.220 e. The SMILES string of the molecule is CCc1ccc(OC)c(C(CN)CC(=O)NC)c1. The fourth-order valence-electron chi connectivity index (χ4n) is 1.97. The van der Waals surface area contributed by atoms with Gasteiger partial charge in [0.25, 0.3) is 0 Å². The van der Waals surface area contributed by atoms with Gasteiger partial charge >= 0.3 is 0 Å². The molecule has 4 nitrogen and oxygen atoms in total. The highest BCUT2D eigenvalue weighted by Gasteiger charge is 2.18. The van der Waals surface area contributed by atoms with Crippen LogP contribution in [0.3, 0.4) is 0 Å². The van der Waals surface area contributed by atoms with Crippen molar-refractivity contribution >= 4 is 5.91 Å². The summed E-state index contributed by atoms with van der Waals surface area (Å²) in [6.07, 6.45) is 1.34. The molecule has 1 aromatic carbocycles. The van der Waals surface area contributed by atoms with Crippen LogP contribution in [0.2, 0.25) is 0 Å². The first kappa shape index (κ1) is 14.5. The maximum absolute atomic E-state index is 11.5. The summed E-state index contributed by atoms with van der Waals surface area (Å²) in [6.45, 7) is 2.53. The Balaban J connectivity index is 3.05. The minimum absolute atomic E-state index is 0.00518. The molecule has 1 aromatic rings. The molecular weight excluding hydrogens is 228 g/mol. The first-order valence-electron chi connectivity index (χ1n) is 6.23. The molecule has 0 aliphatic rings. The molecule has 3 N–H and O–H groups in total. The average molecular weight is 250 g/mol. The van der Waals surface area contributed by atoms with Gasteiger partial charge in [-0.2, -0.15) is 0 Å². The van der Waals surface area contributed by atoms with E-state index in [9.17, 15) is 4.79 Å². The van der Waals surface area contributed by atoms with Gasteiger partial charge in [0.05, 0.1) is 7.11 Å². The highest BCUT2D eigenvalue weighted by Crippen LogP contribution is 2.29. The summed E-state index contributed by atoms with van der Waals surface area (Å²) in [7, 11) is 3.27. The molecule has 0 saturated carbocycles. The minimum Gasteiger partial charge on any atom is -0.496 e. The van der Waals surface area contributed by atoms with E-state index in [0.717, 1.165) is 17.7 Å². The summed E-state index contributed by atoms with van der Waals surface area (Å²) in [5, 5.41) is 2.63. The van der Waals surface area contributed by atoms with Crippen LogP contribution in [0.5, 0.6) is 5.75 Å². The van der Waals surface area contributed by atoms with Crippen LogP contribution in [0.15, 0.2) is 18.2 Å². The number of carbonyl (C=O) groups excluding carboxylic acids is 1. The van der Waals surface area contributed by atoms with E-state index in [1.165, 1.54) is 5.56 Å². The predicted molar refractivity (Wildman–Crippen MR) is 72.9 cm³/mol. The Morgan fingerprint density at radius 3 is 2.72 bits per heavy atom. The van der Waals surface area contributed by atoms with E-state index in [-0.39, 0.29) is 11.8 Å². The standard InChI is InChI=1S/C14H22N2O2/c1-4-10-5-6-13(18-3)12(7-10)11(9-15)8-14(17)16-2/h5-7,11H,4,8-9,15H2,1-3H3,(H,16,17). The zero-order valence-corrected chi connectivity index (χ0v) is 11.3. The Morgan fingerprint density at radius 2 is 2.22 bits per heavy atom. The molecule has 0 aliphatic carbocycles. The van der Waals surface area contributed by atoms with Crippen molar-refractivity contribution in [3.05, 3.63) is 29.3 Å². The molecule has 0 bridgehead atoms. The Morgan fingerprint density at radius 1 is 1.50 bits per heavy atom. The number of amides is 1. The van der Waals surface area contributed by atoms with Gasteiger partial charge < -0.3 is 15.8 Å². The van der Waals surface area contributed by atoms with Gasteiger partial charge in [-0.25, -0.2) is 0 Å². The van der Waals surface area contributed by atoms with Crippen LogP contribution >= 0.6 is 0 Å². The molecule has 0 heterocycles. The maximum atomic E-state index is 11.5. The number of hydrogen-bond donors (Lipinski definition) is 2. The lowest BCUT2D eigenvalue weighted by molar-refractivity contribution is -0.120. The number of ether oxygens (including phenoxy) is 1. The highest BCUT2D eigenvalue weighted by atomic mass is 16.5. The summed E-state index contributed by atoms with van der Waals surface area (Å²) < 4.78 is 5.36. The van der Waals surface area contributed by atoms with Gasteiger partial charge in [-0.1, -0.05) is 19.1 Å². The summed E-state index contributed by atoms with van der Waals surface area (Å²) in [4.78, 5) is 11.5. The average Bonchev–Trinajstić information content (AvgIpc) is 2.43. The van der Waals surface area contributed by atoms with Crippen molar-refractivity contribution < 1.29 is 9.53 Å². The molecule has 0 aromatic heterocycles. The van der Waals surface area contributed by atoms with Crippen molar-refractivity contribution in [3.63, 3.8) is 0 Å². The van der Waals surface area contributed by atoms with Crippen LogP contribution < -0.4 is 15.8 Å². The van der Waals surface area contributed by atoms with E-state index >= 15 is 0 Å². The van der Waals surface area contributed by atoms with Crippen LogP contribution in [-0.2, 0) is 11.2 Å². The second kappa shape index (κ2) is 7.01. The Labute approximate surface area is 109 Å². The van der Waals surface area contributed by atoms with Crippen molar-refractivity contribution in [2.75, 3.05) is 20.7 Å². The van der Waals surface area contributed by atoms with Gasteiger partial charge in [-0.05, 0) is 30.2 Å². The fraction of sp³-hybridized carbons (Fsp3) is 0.500. The lowest BCUT2D eigenvalue weighted by Gasteiger charge is -2.18. The zero-order valence-electron chi connectivity index (χ0n) is 11.3. The first-order chi connectivity index (χ1) is 8.65. The van der Waals surface area contributed by atoms with E-state index in [0.29, 0.717) is 13.0 Å². The van der Waals surface area contributed by atoms with Gasteiger partial charge in [-0.15, -0.1) is 0 Å². The third kappa shape index (κ3) is 3.47. The van der Waals surface area contributed by atoms with Crippen LogP contribution in [0.25, 0.3) is 0 Å². The number of nitrogens with two attached hydrogens (primary N) is 1. The molecule has 4 heteroatoms. The van der Waals surface area contributed by atoms with E-state index < -0.39 is 0 Å². The monoisotopic (exact) mass is 250 g/mol. The molecule has 0 fully saturated rings. The first-order valence-corrected chi connectivity index (χ1v) is 6.23. The van der Waals surface area contributed by atoms with E-state index in [1.807, 2.05) is 12.1 Å². The van der Waals surface area contributed by atoms with Crippen LogP contribution in [0.4, 0.5) is 0 Å². The van der Waals surface area contributed by atoms with E-state index in [1.54, 1.807) is 14.2 Å². The van der Waals surface area contributed by atoms with Crippen LogP contribution in [0, 0.1) is 0 Å². The molecular formula is C14H22N2O2. The van der Waals surface area contributed by atoms with Crippen LogP contribution in [-0.4, -0.2) is 26.6 Å². The van der Waals surface area contributed by atoms with Crippen molar-refractivity contribution in [1.82, 2.24) is 5.32 Å². The summed E-state index contributed by atoms with van der Waals surface area (Å²) in [5.74, 6) is 0.785. The normalized spacial score (nSPS) is 12.0. The number of aryl methyl sites for hydroxylation is 1. The molecule has 1 unspecified atom stereocenters. The molecule has 18 heavy (non-hydrogen) atoms. The molecule has 1 atom stereocenters. The topological polar surface area (TPSA) is 64.3 Å². The van der Waals surface area contributed by atoms with Crippen molar-refractivity contribution in [2.45, 2.75) is 25.7 Å². The predicted octanol–water partition coefficient (Wildman–Crippen LogP) is 1.44. The number of benzene rings is 1. The summed E-state index contributed by atoms with van der Waals surface area (Å²) >= 11 is 0. The lowest BCUT2D eigenvalue weighted by Crippen LogP contribution is -2.24. The quantitative estimate of drug-likeness (QED) is 0.803. The number of nitrogens with one attached hydrogen (secondary N) is 1. The van der Waals surface area contributed by atoms with Gasteiger partial charge in [0.1, 0.15) is 5.75 Å². The fourth-order valence-corrected chi connectivity index (χ4v) is 1.97. The Bertz CT molecular complexity index is 405. The highest BCUT2D eigenvalue weighted by molar-refractivity contribution is 5.76. The third-order valence-electron chi connectivity index (χ3n) is 3.14. The number of rotatable bonds is 6. The number of carbonyl (C=O) groups is 1. The number of hydrogen-bond acceptors (Lipinski definition) is 3. The molecule has 0 radical (unpaired) electrons. The largest absolute Gasteiger partial charge is 0.496 e. The van der Waals surface area contributed by atoms with E-state index in [4.69, 9.17) is 10.5 Å². The van der Waals surface area contributed by atoms with Gasteiger partial charge in [0.2, 0.25) is 5.91 Å². The molecule has 1 amide bonds. The summed E-state index contributed by atoms with van der Waals surface area (Å²) in [6, 6.07) is 6.07. The van der Waals surface area contributed by atoms with Crippen molar-refractivity contribution in [3.8, 4) is 5.75 Å². The molecule has 0 spiro atoms. The molecule has 100 valence electrons. The van der Waals surface area contributed by atoms with Crippen molar-refractivity contribution in [2.24, 2.45) is 5.73 Å². The number of methoxy groups -OCH3 is 1. The second-order valence-electron chi connectivity index (χ2n) is 4.24. The molecule has 0 saturated heterocycles. The molecule has 0 aliphatic heterocycles. The summed E-state index contributed by atoms with van der Waals surface area (Å²) in [5.41, 5.74) is 8.03. The van der Waals surface area contributed by atoms with Gasteiger partial charge in [-0.3, -0.25) is 4.79 Å². The van der Waals surface area contributed by atoms with Crippen molar-refractivity contribution in [1.29, 1.82) is 0 Å². The molecule has 1 rings (SSSR count). The second-order valence-corrected chi connectivity index (χ2v) is 4.24. The van der Waals surface area contributed by atoms with Gasteiger partial charge in [0.15, 0.2) is 0 Å². The minimum atomic E-state index is -0.00796. The Kier molecular flexibility index (Phi) is 5.65. The maximum Gasteiger partial charge on any atom is 0.220 e. The lowest BCUT2D eigenvalue weighted by atomic mass is 9.92. The van der Waals surface area contributed by atoms with Crippen LogP contribution in [0.1, 0.15) is 30.4 Å². The Hall–Kier alpha value is -1.55. The van der Waals surface area contributed by atoms with E-state index in [2.05, 4.69) is 18.3 Å². The van der Waals surface area contributed by atoms with Gasteiger partial charge in [0, 0.05) is 19.4 Å². The zero-order chi connectivity index (χ0) is 13.5.